The molecule has 1 saturated heterocycles. The van der Waals surface area contributed by atoms with E-state index in [2.05, 4.69) is 51.8 Å². The zero-order valence-corrected chi connectivity index (χ0v) is 10.5. The molecule has 4 unspecified atom stereocenters. The second-order valence-electron chi connectivity index (χ2n) is 5.35. The third-order valence-electron chi connectivity index (χ3n) is 4.05. The van der Waals surface area contributed by atoms with Crippen molar-refractivity contribution >= 4 is 7.41 Å². The summed E-state index contributed by atoms with van der Waals surface area (Å²) in [5.74, 6) is 2.16. The third kappa shape index (κ3) is 2.51. The largest absolute Gasteiger partial charge is 0.344 e. The molecule has 0 aromatic rings. The highest BCUT2D eigenvalue weighted by Gasteiger charge is 2.35. The van der Waals surface area contributed by atoms with Gasteiger partial charge in [0.1, 0.15) is 0 Å². The quantitative estimate of drug-likeness (QED) is 0.684. The van der Waals surface area contributed by atoms with E-state index >= 15 is 0 Å². The van der Waals surface area contributed by atoms with Gasteiger partial charge in [-0.2, -0.15) is 0 Å². The molecule has 4 atom stereocenters. The molecular formula is C11H25BN2. The molecule has 0 saturated carbocycles. The summed E-state index contributed by atoms with van der Waals surface area (Å²) in [7, 11) is 3.42. The Balaban J connectivity index is 2.47. The van der Waals surface area contributed by atoms with Gasteiger partial charge in [0.2, 0.25) is 7.41 Å². The fourth-order valence-corrected chi connectivity index (χ4v) is 2.12. The molecule has 1 aliphatic rings. The summed E-state index contributed by atoms with van der Waals surface area (Å²) < 4.78 is 0. The van der Waals surface area contributed by atoms with Crippen molar-refractivity contribution in [2.24, 2.45) is 11.8 Å². The van der Waals surface area contributed by atoms with Crippen LogP contribution in [0.25, 0.3) is 0 Å². The first-order valence-electron chi connectivity index (χ1n) is 5.89. The van der Waals surface area contributed by atoms with E-state index in [-0.39, 0.29) is 0 Å². The van der Waals surface area contributed by atoms with Crippen molar-refractivity contribution in [3.05, 3.63) is 0 Å². The van der Waals surface area contributed by atoms with Crippen molar-refractivity contribution in [2.75, 3.05) is 7.05 Å². The summed E-state index contributed by atoms with van der Waals surface area (Å²) in [5.41, 5.74) is 0. The van der Waals surface area contributed by atoms with Crippen molar-refractivity contribution < 1.29 is 0 Å². The molecule has 14 heavy (non-hydrogen) atoms. The lowest BCUT2D eigenvalue weighted by atomic mass is 9.78. The Hall–Kier alpha value is -0.0151. The van der Waals surface area contributed by atoms with Gasteiger partial charge in [-0.05, 0) is 31.8 Å². The Morgan fingerprint density at radius 2 is 1.79 bits per heavy atom. The van der Waals surface area contributed by atoms with E-state index in [4.69, 9.17) is 0 Å². The topological polar surface area (TPSA) is 15.3 Å². The average molecular weight is 196 g/mol. The van der Waals surface area contributed by atoms with Gasteiger partial charge < -0.3 is 10.1 Å². The minimum absolute atomic E-state index is 0.626. The molecule has 0 bridgehead atoms. The zero-order valence-electron chi connectivity index (χ0n) is 10.5. The molecule has 0 radical (unpaired) electrons. The van der Waals surface area contributed by atoms with Crippen LogP contribution in [0.4, 0.5) is 0 Å². The van der Waals surface area contributed by atoms with Crippen LogP contribution in [-0.2, 0) is 0 Å². The van der Waals surface area contributed by atoms with Crippen LogP contribution in [0.1, 0.15) is 34.6 Å². The number of hydrogen-bond donors (Lipinski definition) is 1. The van der Waals surface area contributed by atoms with Gasteiger partial charge in [0, 0.05) is 12.0 Å². The standard InChI is InChI=1S/C11H25BN2/c1-7(2)9(4)13-11-8(3)10(5)14(6)12-11/h7-13H,1-6H3. The minimum atomic E-state index is 0.626. The van der Waals surface area contributed by atoms with Gasteiger partial charge in [-0.15, -0.1) is 0 Å². The van der Waals surface area contributed by atoms with Gasteiger partial charge in [0.25, 0.3) is 0 Å². The van der Waals surface area contributed by atoms with E-state index in [1.54, 1.807) is 0 Å². The van der Waals surface area contributed by atoms with E-state index in [1.807, 2.05) is 0 Å². The first kappa shape index (κ1) is 12.1. The molecule has 1 N–H and O–H groups in total. The second kappa shape index (κ2) is 4.67. The van der Waals surface area contributed by atoms with Crippen molar-refractivity contribution in [1.29, 1.82) is 0 Å². The number of hydrogen-bond acceptors (Lipinski definition) is 2. The Labute approximate surface area is 89.7 Å². The van der Waals surface area contributed by atoms with Gasteiger partial charge in [0.05, 0.1) is 0 Å². The fraction of sp³-hybridized carbons (Fsp3) is 1.00. The molecule has 0 spiro atoms. The highest BCUT2D eigenvalue weighted by Crippen LogP contribution is 2.21. The fourth-order valence-electron chi connectivity index (χ4n) is 2.12. The molecule has 1 aliphatic heterocycles. The highest BCUT2D eigenvalue weighted by atomic mass is 15.1. The molecule has 0 aliphatic carbocycles. The average Bonchev–Trinajstić information content (AvgIpc) is 2.33. The van der Waals surface area contributed by atoms with Crippen LogP contribution in [0.3, 0.4) is 0 Å². The van der Waals surface area contributed by atoms with Crippen LogP contribution >= 0.6 is 0 Å². The van der Waals surface area contributed by atoms with Crippen LogP contribution in [0.15, 0.2) is 0 Å². The van der Waals surface area contributed by atoms with Crippen LogP contribution < -0.4 is 5.32 Å². The Morgan fingerprint density at radius 1 is 1.21 bits per heavy atom. The van der Waals surface area contributed by atoms with E-state index in [9.17, 15) is 0 Å². The Kier molecular flexibility index (Phi) is 4.02. The molecule has 0 aromatic heterocycles. The van der Waals surface area contributed by atoms with Gasteiger partial charge in [-0.25, -0.2) is 0 Å². The van der Waals surface area contributed by atoms with Crippen LogP contribution in [0, 0.1) is 11.8 Å². The first-order valence-corrected chi connectivity index (χ1v) is 5.89. The summed E-state index contributed by atoms with van der Waals surface area (Å²) in [6.45, 7) is 11.5. The monoisotopic (exact) mass is 196 g/mol. The molecule has 3 heteroatoms. The smallest absolute Gasteiger partial charge is 0.222 e. The van der Waals surface area contributed by atoms with E-state index < -0.39 is 0 Å². The maximum absolute atomic E-state index is 3.75. The van der Waals surface area contributed by atoms with Crippen molar-refractivity contribution in [2.45, 2.75) is 52.6 Å². The van der Waals surface area contributed by atoms with Crippen molar-refractivity contribution in [1.82, 2.24) is 10.1 Å². The van der Waals surface area contributed by atoms with Crippen molar-refractivity contribution in [3.63, 3.8) is 0 Å². The predicted octanol–water partition coefficient (Wildman–Crippen LogP) is 1.27. The third-order valence-corrected chi connectivity index (χ3v) is 4.05. The predicted molar refractivity (Wildman–Crippen MR) is 64.8 cm³/mol. The summed E-state index contributed by atoms with van der Waals surface area (Å²) in [4.78, 5) is 2.45. The van der Waals surface area contributed by atoms with Crippen LogP contribution in [0.2, 0.25) is 0 Å². The maximum Gasteiger partial charge on any atom is 0.222 e. The maximum atomic E-state index is 3.75. The van der Waals surface area contributed by atoms with Gasteiger partial charge >= 0.3 is 0 Å². The molecule has 2 nitrogen and oxygen atoms in total. The van der Waals surface area contributed by atoms with Gasteiger partial charge in [-0.1, -0.05) is 27.7 Å². The molecular weight excluding hydrogens is 171 g/mol. The van der Waals surface area contributed by atoms with Crippen molar-refractivity contribution in [3.8, 4) is 0 Å². The van der Waals surface area contributed by atoms with Gasteiger partial charge in [-0.3, -0.25) is 0 Å². The molecule has 82 valence electrons. The summed E-state index contributed by atoms with van der Waals surface area (Å²) in [6, 6.07) is 1.34. The van der Waals surface area contributed by atoms with Crippen LogP contribution in [0.5, 0.6) is 0 Å². The highest BCUT2D eigenvalue weighted by molar-refractivity contribution is 6.35. The Bertz CT molecular complexity index is 184. The lowest BCUT2D eigenvalue weighted by Gasteiger charge is -2.25. The Morgan fingerprint density at radius 3 is 2.14 bits per heavy atom. The number of rotatable bonds is 3. The molecule has 1 fully saturated rings. The lowest BCUT2D eigenvalue weighted by Crippen LogP contribution is -2.44. The number of nitrogens with zero attached hydrogens (tertiary/aromatic N) is 1. The summed E-state index contributed by atoms with van der Waals surface area (Å²) >= 11 is 0. The van der Waals surface area contributed by atoms with Gasteiger partial charge in [0.15, 0.2) is 0 Å². The normalized spacial score (nSPS) is 36.1. The molecule has 0 amide bonds. The zero-order chi connectivity index (χ0) is 10.9. The first-order chi connectivity index (χ1) is 6.43. The minimum Gasteiger partial charge on any atom is -0.344 e. The summed E-state index contributed by atoms with van der Waals surface area (Å²) in [5, 5.41) is 3.75. The van der Waals surface area contributed by atoms with Crippen LogP contribution in [-0.4, -0.2) is 37.3 Å². The van der Waals surface area contributed by atoms with E-state index in [0.29, 0.717) is 18.0 Å². The van der Waals surface area contributed by atoms with E-state index in [0.717, 1.165) is 11.8 Å². The van der Waals surface area contributed by atoms with E-state index in [1.165, 1.54) is 7.41 Å². The molecule has 1 heterocycles. The number of nitrogens with one attached hydrogen (secondary N) is 1. The molecule has 1 rings (SSSR count). The SMILES string of the molecule is CC(C)C(C)NC1BN(C)C(C)C1C. The lowest BCUT2D eigenvalue weighted by molar-refractivity contribution is 0.315. The summed E-state index contributed by atoms with van der Waals surface area (Å²) in [6.07, 6.45) is 0. The molecule has 0 aromatic carbocycles. The second-order valence-corrected chi connectivity index (χ2v) is 5.35.